The highest BCUT2D eigenvalue weighted by atomic mass is 16.6. The van der Waals surface area contributed by atoms with Crippen LogP contribution >= 0.6 is 0 Å². The van der Waals surface area contributed by atoms with Gasteiger partial charge in [0.15, 0.2) is 6.73 Å². The molecule has 0 bridgehead atoms. The van der Waals surface area contributed by atoms with E-state index < -0.39 is 48.6 Å². The molecule has 0 radical (unpaired) electrons. The average molecular weight is 679 g/mol. The lowest BCUT2D eigenvalue weighted by Crippen LogP contribution is -2.35. The van der Waals surface area contributed by atoms with Crippen molar-refractivity contribution in [1.82, 2.24) is 14.0 Å². The number of benzene rings is 2. The van der Waals surface area contributed by atoms with Crippen molar-refractivity contribution in [3.05, 3.63) is 76.1 Å². The van der Waals surface area contributed by atoms with Gasteiger partial charge in [-0.05, 0) is 12.1 Å². The van der Waals surface area contributed by atoms with Crippen LogP contribution in [0.15, 0.2) is 54.9 Å². The molecule has 0 aliphatic carbocycles. The molecule has 0 saturated heterocycles. The molecule has 4 aromatic rings. The lowest BCUT2D eigenvalue weighted by Gasteiger charge is -2.15. The molecule has 2 aromatic carbocycles. The summed E-state index contributed by atoms with van der Waals surface area (Å²) in [6.07, 6.45) is 3.41. The van der Waals surface area contributed by atoms with E-state index in [2.05, 4.69) is 0 Å². The van der Waals surface area contributed by atoms with E-state index in [0.29, 0.717) is 22.0 Å². The maximum Gasteiger partial charge on any atom is 0.333 e. The van der Waals surface area contributed by atoms with Crippen LogP contribution in [0.2, 0.25) is 0 Å². The number of fused-ring (bicyclic) bond motifs is 2. The second kappa shape index (κ2) is 15.7. The number of ether oxygens (including phenoxy) is 5. The Morgan fingerprint density at radius 2 is 1.29 bits per heavy atom. The summed E-state index contributed by atoms with van der Waals surface area (Å²) in [5, 5.41) is 21.2. The summed E-state index contributed by atoms with van der Waals surface area (Å²) in [6.45, 7) is -0.416. The summed E-state index contributed by atoms with van der Waals surface area (Å²) in [7, 11) is 3.52. The number of nitro benzene ring substituents is 1. The first kappa shape index (κ1) is 34.9. The normalized spacial score (nSPS) is 13.3. The molecule has 49 heavy (non-hydrogen) atoms. The lowest BCUT2D eigenvalue weighted by molar-refractivity contribution is -0.384. The molecule has 0 unspecified atom stereocenters. The van der Waals surface area contributed by atoms with Gasteiger partial charge in [-0.2, -0.15) is 0 Å². The van der Waals surface area contributed by atoms with Gasteiger partial charge in [0.05, 0.1) is 61.2 Å². The van der Waals surface area contributed by atoms with Crippen molar-refractivity contribution in [3.63, 3.8) is 0 Å². The zero-order valence-electron chi connectivity index (χ0n) is 26.8. The number of carbonyl (C=O) groups is 4. The molecule has 1 aliphatic heterocycles. The van der Waals surface area contributed by atoms with E-state index >= 15 is 0 Å². The smallest absolute Gasteiger partial charge is 0.333 e. The van der Waals surface area contributed by atoms with Crippen molar-refractivity contribution in [2.45, 2.75) is 0 Å². The van der Waals surface area contributed by atoms with Crippen molar-refractivity contribution in [2.24, 2.45) is 14.1 Å². The minimum absolute atomic E-state index is 0.0641. The van der Waals surface area contributed by atoms with E-state index in [4.69, 9.17) is 28.8 Å². The number of rotatable bonds is 18. The molecule has 0 atom stereocenters. The lowest BCUT2D eigenvalue weighted by atomic mass is 9.95. The van der Waals surface area contributed by atoms with E-state index in [1.54, 1.807) is 30.1 Å². The van der Waals surface area contributed by atoms with Crippen LogP contribution in [0.25, 0.3) is 33.0 Å². The van der Waals surface area contributed by atoms with E-state index in [0.717, 1.165) is 15.8 Å². The minimum atomic E-state index is -1.06. The van der Waals surface area contributed by atoms with Crippen LogP contribution in [0.5, 0.6) is 0 Å². The second-order valence-corrected chi connectivity index (χ2v) is 10.9. The van der Waals surface area contributed by atoms with Gasteiger partial charge in [0.25, 0.3) is 17.5 Å². The van der Waals surface area contributed by atoms with Crippen molar-refractivity contribution >= 4 is 62.4 Å². The second-order valence-electron chi connectivity index (χ2n) is 10.9. The first-order valence-electron chi connectivity index (χ1n) is 15.2. The molecule has 1 N–H and O–H groups in total. The first-order valence-corrected chi connectivity index (χ1v) is 15.2. The van der Waals surface area contributed by atoms with Crippen LogP contribution in [0.3, 0.4) is 0 Å². The van der Waals surface area contributed by atoms with Gasteiger partial charge >= 0.3 is 11.9 Å². The van der Waals surface area contributed by atoms with Gasteiger partial charge in [0, 0.05) is 66.0 Å². The topological polar surface area (TPSA) is 191 Å². The Morgan fingerprint density at radius 3 is 1.88 bits per heavy atom. The predicted molar refractivity (Wildman–Crippen MR) is 173 cm³/mol. The molecular weight excluding hydrogens is 644 g/mol. The highest BCUT2D eigenvalue weighted by Crippen LogP contribution is 2.42. The Kier molecular flexibility index (Phi) is 11.1. The van der Waals surface area contributed by atoms with Crippen LogP contribution in [0.4, 0.5) is 5.69 Å². The van der Waals surface area contributed by atoms with Gasteiger partial charge in [0.1, 0.15) is 13.2 Å². The van der Waals surface area contributed by atoms with Gasteiger partial charge in [-0.3, -0.25) is 19.7 Å². The molecule has 0 saturated carbocycles. The summed E-state index contributed by atoms with van der Waals surface area (Å²) >= 11 is 0. The number of esters is 1. The Morgan fingerprint density at radius 1 is 0.755 bits per heavy atom. The van der Waals surface area contributed by atoms with E-state index in [1.165, 1.54) is 12.1 Å². The fraction of sp³-hybridized carbons (Fsp3) is 0.333. The number of imide groups is 1. The number of carboxylic acids is 1. The summed E-state index contributed by atoms with van der Waals surface area (Å²) in [5.74, 6) is -3.20. The number of hydrogen-bond acceptors (Lipinski definition) is 11. The van der Waals surface area contributed by atoms with Gasteiger partial charge < -0.3 is 37.9 Å². The number of carboxylic acid groups (broad SMARTS) is 1. The summed E-state index contributed by atoms with van der Waals surface area (Å²) < 4.78 is 29.5. The monoisotopic (exact) mass is 678 g/mol. The van der Waals surface area contributed by atoms with Gasteiger partial charge in [0.2, 0.25) is 0 Å². The Labute approximate surface area is 279 Å². The van der Waals surface area contributed by atoms with Crippen molar-refractivity contribution in [2.75, 3.05) is 59.6 Å². The summed E-state index contributed by atoms with van der Waals surface area (Å²) in [5.41, 5.74) is 2.33. The van der Waals surface area contributed by atoms with E-state index in [9.17, 15) is 29.3 Å². The Hall–Kier alpha value is -5.42. The Bertz CT molecular complexity index is 1940. The highest BCUT2D eigenvalue weighted by molar-refractivity contribution is 6.50. The summed E-state index contributed by atoms with van der Waals surface area (Å²) in [6, 6.07) is 11.7. The maximum atomic E-state index is 14.0. The van der Waals surface area contributed by atoms with Crippen LogP contribution in [-0.2, 0) is 57.0 Å². The number of nitro groups is 1. The number of hydrogen-bond donors (Lipinski definition) is 1. The fourth-order valence-corrected chi connectivity index (χ4v) is 5.47. The highest BCUT2D eigenvalue weighted by Gasteiger charge is 2.42. The number of aliphatic carboxylic acids is 1. The van der Waals surface area contributed by atoms with Crippen LogP contribution in [0, 0.1) is 10.1 Å². The van der Waals surface area contributed by atoms with Gasteiger partial charge in [-0.25, -0.2) is 14.5 Å². The molecular formula is C33H34N4O12. The van der Waals surface area contributed by atoms with Crippen LogP contribution in [0.1, 0.15) is 11.1 Å². The third-order valence-corrected chi connectivity index (χ3v) is 7.70. The Balaban J connectivity index is 1.24. The summed E-state index contributed by atoms with van der Waals surface area (Å²) in [4.78, 5) is 62.6. The van der Waals surface area contributed by atoms with Crippen LogP contribution < -0.4 is 0 Å². The molecule has 0 fully saturated rings. The third-order valence-electron chi connectivity index (χ3n) is 7.70. The van der Waals surface area contributed by atoms with Gasteiger partial charge in [-0.1, -0.05) is 18.2 Å². The zero-order valence-corrected chi connectivity index (χ0v) is 26.8. The maximum absolute atomic E-state index is 14.0. The molecule has 5 rings (SSSR count). The number of aryl methyl sites for hydroxylation is 2. The van der Waals surface area contributed by atoms with Crippen molar-refractivity contribution in [3.8, 4) is 0 Å². The molecule has 2 amide bonds. The SMILES string of the molecule is Cn1cc(C2=C(c3cn(C)c4cc([N+](=O)[O-])ccc34)C(=O)N(COC(=O)COCCOCCOCCOCC(=O)O)C2=O)c2ccccc21. The van der Waals surface area contributed by atoms with Crippen molar-refractivity contribution in [1.29, 1.82) is 0 Å². The van der Waals surface area contributed by atoms with E-state index in [-0.39, 0.29) is 56.5 Å². The zero-order chi connectivity index (χ0) is 35.1. The van der Waals surface area contributed by atoms with Crippen molar-refractivity contribution < 1.29 is 52.9 Å². The van der Waals surface area contributed by atoms with Crippen LogP contribution in [-0.4, -0.2) is 107 Å². The molecule has 16 nitrogen and oxygen atoms in total. The molecule has 1 aliphatic rings. The van der Waals surface area contributed by atoms with E-state index in [1.807, 2.05) is 35.9 Å². The molecule has 0 spiro atoms. The molecule has 258 valence electrons. The van der Waals surface area contributed by atoms with Gasteiger partial charge in [-0.15, -0.1) is 0 Å². The average Bonchev–Trinajstić information content (AvgIpc) is 3.67. The predicted octanol–water partition coefficient (Wildman–Crippen LogP) is 2.51. The largest absolute Gasteiger partial charge is 0.480 e. The number of nitrogens with zero attached hydrogens (tertiary/aromatic N) is 4. The number of para-hydroxylation sites is 1. The third kappa shape index (κ3) is 7.84. The number of aromatic nitrogens is 2. The number of amides is 2. The minimum Gasteiger partial charge on any atom is -0.480 e. The fourth-order valence-electron chi connectivity index (χ4n) is 5.47. The molecule has 2 aromatic heterocycles. The molecule has 16 heteroatoms. The first-order chi connectivity index (χ1) is 23.6. The molecule has 3 heterocycles. The quantitative estimate of drug-likeness (QED) is 0.0533. The number of non-ortho nitro benzene ring substituents is 1. The number of carbonyl (C=O) groups excluding carboxylic acids is 3. The standard InChI is InChI=1S/C33H34N4O12/c1-34-16-24(22-5-3-4-6-26(22)34)30-31(25-17-35(2)27-15-21(37(43)44)7-8-23(25)27)33(42)36(32(30)41)20-49-29(40)19-48-14-12-46-10-9-45-11-13-47-18-28(38)39/h3-8,15-17H,9-14,18-20H2,1-2H3,(H,38,39).